The third-order valence-electron chi connectivity index (χ3n) is 9.57. The van der Waals surface area contributed by atoms with Gasteiger partial charge < -0.3 is 45.8 Å². The minimum atomic E-state index is -4.59. The van der Waals surface area contributed by atoms with Gasteiger partial charge in [-0.2, -0.15) is 0 Å². The van der Waals surface area contributed by atoms with Crippen LogP contribution in [-0.4, -0.2) is 138 Å². The first-order chi connectivity index (χ1) is 31.0. The van der Waals surface area contributed by atoms with Crippen molar-refractivity contribution in [2.45, 2.75) is 42.7 Å². The summed E-state index contributed by atoms with van der Waals surface area (Å²) in [6, 6.07) is 6.75. The molecule has 3 heterocycles. The minimum absolute atomic E-state index is 0.191. The summed E-state index contributed by atoms with van der Waals surface area (Å²) in [5.74, 6) is -10.3. The number of nitrogens with one attached hydrogen (secondary N) is 1. The second-order valence-corrected chi connectivity index (χ2v) is 15.8. The van der Waals surface area contributed by atoms with E-state index in [0.717, 1.165) is 57.9 Å². The highest BCUT2D eigenvalue weighted by atomic mass is 32.2. The van der Waals surface area contributed by atoms with Gasteiger partial charge in [0.1, 0.15) is 40.1 Å². The van der Waals surface area contributed by atoms with Gasteiger partial charge in [0.2, 0.25) is 0 Å². The fourth-order valence-electron chi connectivity index (χ4n) is 6.57. The van der Waals surface area contributed by atoms with Crippen molar-refractivity contribution < 1.29 is 81.0 Å². The lowest BCUT2D eigenvalue weighted by atomic mass is 9.89. The maximum absolute atomic E-state index is 15.3. The number of hydrogen-bond donors (Lipinski definition) is 8. The number of sulfonamides is 1. The van der Waals surface area contributed by atoms with Crippen molar-refractivity contribution in [2.24, 2.45) is 0 Å². The summed E-state index contributed by atoms with van der Waals surface area (Å²) >= 11 is 0. The zero-order chi connectivity index (χ0) is 49.3. The number of carbonyl (C=O) groups is 6. The number of carboxylic acid groups (broad SMARTS) is 6. The van der Waals surface area contributed by atoms with E-state index in [-0.39, 0.29) is 11.9 Å². The molecule has 354 valence electrons. The molecule has 0 unspecified atom stereocenters. The SMILES string of the molecule is CN1CCN(C2CCC(n3cc(-c4ccc(NS(=O)(=O)c5cc(F)ccc5F)c(F)c4)c4c(N)ncnc43)CC2)CC1.O=C(O)/C=C\C(=O)O.O=C(O)/C=C\C(=O)O.O=C(O)/C=C\C(=O)O. The van der Waals surface area contributed by atoms with Crippen molar-refractivity contribution in [3.8, 4) is 11.1 Å². The Morgan fingerprint density at radius 1 is 0.682 bits per heavy atom. The van der Waals surface area contributed by atoms with E-state index in [9.17, 15) is 46.0 Å². The molecule has 25 heteroatoms. The summed E-state index contributed by atoms with van der Waals surface area (Å²) in [6.07, 6.45) is 10.7. The highest BCUT2D eigenvalue weighted by Crippen LogP contribution is 2.39. The van der Waals surface area contributed by atoms with Gasteiger partial charge in [0, 0.05) is 86.5 Å². The Bertz CT molecular complexity index is 2500. The summed E-state index contributed by atoms with van der Waals surface area (Å²) < 4.78 is 72.5. The molecule has 0 bridgehead atoms. The molecule has 2 aromatic heterocycles. The van der Waals surface area contributed by atoms with Crippen molar-refractivity contribution in [2.75, 3.05) is 43.7 Å². The predicted octanol–water partition coefficient (Wildman–Crippen LogP) is 3.77. The number of piperazine rings is 1. The topological polar surface area (TPSA) is 333 Å². The van der Waals surface area contributed by atoms with Crippen LogP contribution in [0.1, 0.15) is 31.7 Å². The van der Waals surface area contributed by atoms with Crippen LogP contribution in [0.2, 0.25) is 0 Å². The van der Waals surface area contributed by atoms with Crippen molar-refractivity contribution in [1.82, 2.24) is 24.3 Å². The molecule has 4 aromatic rings. The zero-order valence-corrected chi connectivity index (χ0v) is 35.5. The Morgan fingerprint density at radius 2 is 1.17 bits per heavy atom. The van der Waals surface area contributed by atoms with Gasteiger partial charge in [0.25, 0.3) is 10.0 Å². The number of anilines is 2. The van der Waals surface area contributed by atoms with Crippen molar-refractivity contribution in [1.29, 1.82) is 0 Å². The lowest BCUT2D eigenvalue weighted by Gasteiger charge is -2.41. The standard InChI is InChI=1S/C29H32F3N7O2S.3C4H4O4/c1-37-10-12-38(13-11-37)20-4-6-21(7-5-20)39-16-22(27-28(33)34-17-35-29(27)39)18-2-9-25(24(32)14-18)36-42(40,41)26-15-19(30)3-8-23(26)31;3*5-3(6)1-2-4(7)8/h2-3,8-9,14-17,20-21,36H,4-7,10-13H2,1H3,(H2,33,34,35);3*1-2H,(H,5,6)(H,7,8)/b;3*2-1-. The molecule has 6 rings (SSSR count). The average Bonchev–Trinajstić information content (AvgIpc) is 3.65. The molecule has 66 heavy (non-hydrogen) atoms. The van der Waals surface area contributed by atoms with E-state index >= 15 is 4.39 Å². The number of hydrogen-bond acceptors (Lipinski definition) is 13. The molecule has 2 aliphatic rings. The Labute approximate surface area is 373 Å². The second-order valence-electron chi connectivity index (χ2n) is 14.1. The average molecular weight is 948 g/mol. The quantitative estimate of drug-likeness (QED) is 0.0937. The number of nitrogens with two attached hydrogens (primary N) is 1. The lowest BCUT2D eigenvalue weighted by Crippen LogP contribution is -2.49. The molecule has 0 spiro atoms. The molecule has 2 fully saturated rings. The molecule has 0 atom stereocenters. The van der Waals surface area contributed by atoms with E-state index in [1.807, 2.05) is 10.9 Å². The molecule has 1 aliphatic heterocycles. The smallest absolute Gasteiger partial charge is 0.328 e. The van der Waals surface area contributed by atoms with E-state index < -0.39 is 73.9 Å². The summed E-state index contributed by atoms with van der Waals surface area (Å²) in [5, 5.41) is 47.5. The fourth-order valence-corrected chi connectivity index (χ4v) is 7.73. The van der Waals surface area contributed by atoms with E-state index in [0.29, 0.717) is 76.8 Å². The van der Waals surface area contributed by atoms with Crippen LogP contribution in [0.5, 0.6) is 0 Å². The van der Waals surface area contributed by atoms with Gasteiger partial charge in [-0.3, -0.25) is 9.62 Å². The number of halogens is 3. The number of rotatable bonds is 12. The van der Waals surface area contributed by atoms with E-state index in [1.54, 1.807) is 6.07 Å². The summed E-state index contributed by atoms with van der Waals surface area (Å²) in [7, 11) is -2.43. The number of fused-ring (bicyclic) bond motifs is 1. The minimum Gasteiger partial charge on any atom is -0.478 e. The number of aliphatic carboxylic acids is 6. The number of benzene rings is 2. The van der Waals surface area contributed by atoms with Gasteiger partial charge >= 0.3 is 35.8 Å². The molecule has 2 aromatic carbocycles. The largest absolute Gasteiger partial charge is 0.478 e. The second kappa shape index (κ2) is 24.4. The molecule has 1 saturated carbocycles. The molecular formula is C41H44F3N7O14S. The highest BCUT2D eigenvalue weighted by Gasteiger charge is 2.30. The third kappa shape index (κ3) is 16.5. The first-order valence-electron chi connectivity index (χ1n) is 19.2. The van der Waals surface area contributed by atoms with E-state index in [4.69, 9.17) is 36.4 Å². The molecular weight excluding hydrogens is 904 g/mol. The first kappa shape index (κ1) is 52.7. The summed E-state index contributed by atoms with van der Waals surface area (Å²) in [6.45, 7) is 4.34. The monoisotopic (exact) mass is 947 g/mol. The maximum Gasteiger partial charge on any atom is 0.328 e. The van der Waals surface area contributed by atoms with Gasteiger partial charge in [0.15, 0.2) is 0 Å². The van der Waals surface area contributed by atoms with Crippen molar-refractivity contribution in [3.05, 3.63) is 103 Å². The van der Waals surface area contributed by atoms with E-state index in [2.05, 4.69) is 31.4 Å². The molecule has 1 saturated heterocycles. The highest BCUT2D eigenvalue weighted by molar-refractivity contribution is 7.92. The summed E-state index contributed by atoms with van der Waals surface area (Å²) in [5.41, 5.74) is 7.61. The molecule has 0 radical (unpaired) electrons. The predicted molar refractivity (Wildman–Crippen MR) is 228 cm³/mol. The van der Waals surface area contributed by atoms with Crippen LogP contribution in [-0.2, 0) is 38.8 Å². The van der Waals surface area contributed by atoms with Gasteiger partial charge in [-0.05, 0) is 68.6 Å². The van der Waals surface area contributed by atoms with Crippen LogP contribution in [0.15, 0.2) is 90.3 Å². The van der Waals surface area contributed by atoms with E-state index in [1.165, 1.54) is 18.5 Å². The third-order valence-corrected chi connectivity index (χ3v) is 10.9. The lowest BCUT2D eigenvalue weighted by molar-refractivity contribution is -0.134. The maximum atomic E-state index is 15.3. The van der Waals surface area contributed by atoms with Crippen LogP contribution in [0.3, 0.4) is 0 Å². The number of likely N-dealkylation sites (N-methyl/N-ethyl adjacent to an activating group) is 1. The van der Waals surface area contributed by atoms with Gasteiger partial charge in [-0.25, -0.2) is 60.3 Å². The molecule has 0 amide bonds. The zero-order valence-electron chi connectivity index (χ0n) is 34.7. The Morgan fingerprint density at radius 3 is 1.64 bits per heavy atom. The Kier molecular flexibility index (Phi) is 19.5. The number of nitrogen functional groups attached to an aromatic ring is 1. The van der Waals surface area contributed by atoms with Crippen LogP contribution in [0, 0.1) is 17.5 Å². The van der Waals surface area contributed by atoms with Crippen LogP contribution in [0.4, 0.5) is 24.7 Å². The van der Waals surface area contributed by atoms with Crippen molar-refractivity contribution in [3.63, 3.8) is 0 Å². The normalized spacial score (nSPS) is 16.6. The number of aromatic nitrogens is 3. The summed E-state index contributed by atoms with van der Waals surface area (Å²) in [4.78, 5) is 70.0. The Balaban J connectivity index is 0.000000394. The molecule has 21 nitrogen and oxygen atoms in total. The Hall–Kier alpha value is -7.64. The van der Waals surface area contributed by atoms with Gasteiger partial charge in [0.05, 0.1) is 11.1 Å². The molecule has 1 aliphatic carbocycles. The fraction of sp³-hybridized carbons (Fsp3) is 0.268. The van der Waals surface area contributed by atoms with Gasteiger partial charge in [-0.15, -0.1) is 0 Å². The van der Waals surface area contributed by atoms with Crippen LogP contribution >= 0.6 is 0 Å². The van der Waals surface area contributed by atoms with Crippen molar-refractivity contribution >= 4 is 68.4 Å². The molecule has 9 N–H and O–H groups in total. The number of carboxylic acids is 6. The van der Waals surface area contributed by atoms with Crippen LogP contribution < -0.4 is 10.5 Å². The van der Waals surface area contributed by atoms with Gasteiger partial charge in [-0.1, -0.05) is 6.07 Å². The first-order valence-corrected chi connectivity index (χ1v) is 20.7. The van der Waals surface area contributed by atoms with Crippen LogP contribution in [0.25, 0.3) is 22.2 Å². The number of nitrogens with zero attached hydrogens (tertiary/aromatic N) is 5.